The lowest BCUT2D eigenvalue weighted by atomic mass is 9.87. The summed E-state index contributed by atoms with van der Waals surface area (Å²) in [6.07, 6.45) is 16.5. The van der Waals surface area contributed by atoms with Crippen LogP contribution in [0.4, 0.5) is 0 Å². The summed E-state index contributed by atoms with van der Waals surface area (Å²) in [7, 11) is -0.441. The zero-order valence-corrected chi connectivity index (χ0v) is 23.8. The largest absolute Gasteiger partial charge is 1.00 e. The number of halogens is 1. The second-order valence-electron chi connectivity index (χ2n) is 10.4. The third kappa shape index (κ3) is 8.69. The topological polar surface area (TPSA) is 46.2 Å². The molecule has 0 aliphatic rings. The fourth-order valence-corrected chi connectivity index (χ4v) is 5.12. The Bertz CT molecular complexity index is 945. The van der Waals surface area contributed by atoms with E-state index in [0.29, 0.717) is 0 Å². The van der Waals surface area contributed by atoms with Crippen molar-refractivity contribution in [3.63, 3.8) is 0 Å². The highest BCUT2D eigenvalue weighted by atomic mass is 35.5. The average molecular weight is 512 g/mol. The van der Waals surface area contributed by atoms with E-state index in [-0.39, 0.29) is 17.8 Å². The van der Waals surface area contributed by atoms with Crippen LogP contribution in [0.3, 0.4) is 0 Å². The van der Waals surface area contributed by atoms with Crippen LogP contribution in [-0.2, 0) is 22.2 Å². The molecule has 0 aliphatic carbocycles. The van der Waals surface area contributed by atoms with E-state index >= 15 is 0 Å². The van der Waals surface area contributed by atoms with Gasteiger partial charge in [-0.3, -0.25) is 0 Å². The number of nitrogens with zero attached hydrogens (tertiary/aromatic N) is 3. The summed E-state index contributed by atoms with van der Waals surface area (Å²) in [5.41, 5.74) is 2.22. The van der Waals surface area contributed by atoms with Gasteiger partial charge in [0.15, 0.2) is 0 Å². The molecule has 5 nitrogen and oxygen atoms in total. The second kappa shape index (κ2) is 14.3. The number of aryl methyl sites for hydroxylation is 1. The molecule has 0 saturated carbocycles. The van der Waals surface area contributed by atoms with Crippen molar-refractivity contribution in [3.05, 3.63) is 42.2 Å². The molecule has 34 heavy (non-hydrogen) atoms. The maximum absolute atomic E-state index is 13.0. The van der Waals surface area contributed by atoms with E-state index in [4.69, 9.17) is 0 Å². The molecule has 0 spiro atoms. The highest BCUT2D eigenvalue weighted by Crippen LogP contribution is 2.26. The molecular weight excluding hydrogens is 466 g/mol. The fourth-order valence-electron chi connectivity index (χ4n) is 4.13. The number of aromatic nitrogens is 2. The SMILES string of the molecule is CCCCCCCCCCCC[n+]1ccn(S(=O)(=O)N(C)C)c1-c1ccc(C(C)(C)C)cc1.[Cl-]. The average Bonchev–Trinajstić information content (AvgIpc) is 3.19. The summed E-state index contributed by atoms with van der Waals surface area (Å²) in [4.78, 5) is 0. The van der Waals surface area contributed by atoms with Crippen molar-refractivity contribution in [1.29, 1.82) is 0 Å². The molecule has 2 rings (SSSR count). The van der Waals surface area contributed by atoms with E-state index in [9.17, 15) is 8.42 Å². The van der Waals surface area contributed by atoms with Gasteiger partial charge in [0.2, 0.25) is 0 Å². The number of benzene rings is 1. The lowest BCUT2D eigenvalue weighted by molar-refractivity contribution is -0.685. The Morgan fingerprint density at radius 1 is 0.853 bits per heavy atom. The Balaban J connectivity index is 0.00000578. The summed E-state index contributed by atoms with van der Waals surface area (Å²) in [5, 5.41) is 0. The van der Waals surface area contributed by atoms with Crippen LogP contribution in [0.2, 0.25) is 0 Å². The summed E-state index contributed by atoms with van der Waals surface area (Å²) in [5.74, 6) is 0.722. The minimum atomic E-state index is -3.60. The van der Waals surface area contributed by atoms with Crippen molar-refractivity contribution in [1.82, 2.24) is 8.28 Å². The maximum atomic E-state index is 13.0. The van der Waals surface area contributed by atoms with Crippen LogP contribution in [0.15, 0.2) is 36.7 Å². The van der Waals surface area contributed by atoms with Gasteiger partial charge in [0.25, 0.3) is 0 Å². The minimum Gasteiger partial charge on any atom is -1.00 e. The van der Waals surface area contributed by atoms with Crippen molar-refractivity contribution in [3.8, 4) is 11.4 Å². The predicted molar refractivity (Wildman–Crippen MR) is 139 cm³/mol. The zero-order valence-electron chi connectivity index (χ0n) is 22.2. The van der Waals surface area contributed by atoms with E-state index in [1.165, 1.54) is 71.6 Å². The van der Waals surface area contributed by atoms with Gasteiger partial charge in [0, 0.05) is 14.1 Å². The first kappa shape index (κ1) is 30.7. The second-order valence-corrected chi connectivity index (χ2v) is 12.4. The Morgan fingerprint density at radius 3 is 1.82 bits per heavy atom. The first-order valence-electron chi connectivity index (χ1n) is 12.7. The molecule has 0 fully saturated rings. The number of unbranched alkanes of at least 4 members (excludes halogenated alkanes) is 9. The summed E-state index contributed by atoms with van der Waals surface area (Å²) < 4.78 is 30.7. The molecule has 1 heterocycles. The molecule has 0 N–H and O–H groups in total. The molecule has 194 valence electrons. The molecule has 0 atom stereocenters. The molecule has 7 heteroatoms. The molecule has 0 saturated heterocycles. The zero-order chi connectivity index (χ0) is 24.5. The first-order chi connectivity index (χ1) is 15.6. The quantitative estimate of drug-likeness (QED) is 0.288. The normalized spacial score (nSPS) is 12.2. The van der Waals surface area contributed by atoms with Gasteiger partial charge in [-0.05, 0) is 36.0 Å². The third-order valence-corrected chi connectivity index (χ3v) is 8.05. The number of imidazole rings is 1. The van der Waals surface area contributed by atoms with Gasteiger partial charge >= 0.3 is 16.0 Å². The van der Waals surface area contributed by atoms with Crippen LogP contribution >= 0.6 is 0 Å². The fraction of sp³-hybridized carbons (Fsp3) is 0.667. The van der Waals surface area contributed by atoms with Crippen LogP contribution in [0.1, 0.15) is 97.5 Å². The molecule has 1 aromatic heterocycles. The molecular formula is C27H46ClN3O2S. The summed E-state index contributed by atoms with van der Waals surface area (Å²) >= 11 is 0. The van der Waals surface area contributed by atoms with E-state index < -0.39 is 10.2 Å². The number of hydrogen-bond acceptors (Lipinski definition) is 2. The van der Waals surface area contributed by atoms with E-state index in [1.54, 1.807) is 20.3 Å². The summed E-state index contributed by atoms with van der Waals surface area (Å²) in [6.45, 7) is 9.64. The molecule has 0 radical (unpaired) electrons. The van der Waals surface area contributed by atoms with Crippen molar-refractivity contribution in [2.24, 2.45) is 0 Å². The van der Waals surface area contributed by atoms with Gasteiger partial charge in [0.1, 0.15) is 12.4 Å². The van der Waals surface area contributed by atoms with Crippen LogP contribution < -0.4 is 17.0 Å². The molecule has 2 aromatic rings. The minimum absolute atomic E-state index is 0. The highest BCUT2D eigenvalue weighted by Gasteiger charge is 2.31. The highest BCUT2D eigenvalue weighted by molar-refractivity contribution is 7.87. The Hall–Kier alpha value is -1.37. The lowest BCUT2D eigenvalue weighted by Gasteiger charge is -2.19. The van der Waals surface area contributed by atoms with E-state index in [2.05, 4.69) is 44.4 Å². The van der Waals surface area contributed by atoms with Gasteiger partial charge in [-0.25, -0.2) is 4.57 Å². The summed E-state index contributed by atoms with van der Waals surface area (Å²) in [6, 6.07) is 8.32. The van der Waals surface area contributed by atoms with Crippen LogP contribution in [-0.4, -0.2) is 30.8 Å². The molecule has 1 aromatic carbocycles. The molecule has 0 unspecified atom stereocenters. The Morgan fingerprint density at radius 2 is 1.35 bits per heavy atom. The van der Waals surface area contributed by atoms with Gasteiger partial charge in [-0.1, -0.05) is 91.2 Å². The van der Waals surface area contributed by atoms with Gasteiger partial charge < -0.3 is 12.4 Å². The first-order valence-corrected chi connectivity index (χ1v) is 14.1. The monoisotopic (exact) mass is 511 g/mol. The number of rotatable bonds is 14. The Labute approximate surface area is 215 Å². The van der Waals surface area contributed by atoms with Crippen molar-refractivity contribution < 1.29 is 25.4 Å². The molecule has 0 amide bonds. The van der Waals surface area contributed by atoms with Gasteiger partial charge in [-0.15, -0.1) is 3.97 Å². The van der Waals surface area contributed by atoms with Gasteiger partial charge in [-0.2, -0.15) is 12.7 Å². The predicted octanol–water partition coefficient (Wildman–Crippen LogP) is 3.32. The maximum Gasteiger partial charge on any atom is 0.379 e. The van der Waals surface area contributed by atoms with Crippen LogP contribution in [0.5, 0.6) is 0 Å². The number of hydrogen-bond donors (Lipinski definition) is 0. The van der Waals surface area contributed by atoms with Crippen molar-refractivity contribution in [2.45, 2.75) is 104 Å². The molecule has 0 bridgehead atoms. The van der Waals surface area contributed by atoms with Crippen LogP contribution in [0.25, 0.3) is 11.4 Å². The van der Waals surface area contributed by atoms with Crippen molar-refractivity contribution >= 4 is 10.2 Å². The lowest BCUT2D eigenvalue weighted by Crippen LogP contribution is -3.00. The standard InChI is InChI=1S/C27H46N3O2S.ClH/c1-7-8-9-10-11-12-13-14-15-16-21-29-22-23-30(33(31,32)28(5)6)26(29)24-17-19-25(20-18-24)27(2,3)4;/h17-20,22-23H,7-16,21H2,1-6H3;1H/q+1;/p-1. The smallest absolute Gasteiger partial charge is 0.379 e. The third-order valence-electron chi connectivity index (χ3n) is 6.33. The van der Waals surface area contributed by atoms with Crippen LogP contribution in [0, 0.1) is 0 Å². The Kier molecular flexibility index (Phi) is 12.9. The van der Waals surface area contributed by atoms with Gasteiger partial charge in [0.05, 0.1) is 12.1 Å². The molecule has 0 aliphatic heterocycles. The van der Waals surface area contributed by atoms with E-state index in [0.717, 1.165) is 24.4 Å². The van der Waals surface area contributed by atoms with Crippen molar-refractivity contribution in [2.75, 3.05) is 14.1 Å². The van der Waals surface area contributed by atoms with E-state index in [1.807, 2.05) is 18.3 Å².